The summed E-state index contributed by atoms with van der Waals surface area (Å²) in [6.45, 7) is 2.52. The van der Waals surface area contributed by atoms with Gasteiger partial charge in [0.15, 0.2) is 5.96 Å². The first-order valence-corrected chi connectivity index (χ1v) is 11.2. The van der Waals surface area contributed by atoms with Crippen molar-refractivity contribution in [3.63, 3.8) is 0 Å². The zero-order chi connectivity index (χ0) is 23.6. The van der Waals surface area contributed by atoms with Crippen molar-refractivity contribution in [1.82, 2.24) is 16.0 Å². The number of benzene rings is 1. The zero-order valence-corrected chi connectivity index (χ0v) is 18.8. The van der Waals surface area contributed by atoms with Gasteiger partial charge < -0.3 is 38.3 Å². The molecule has 32 heavy (non-hydrogen) atoms. The molecule has 0 bridgehead atoms. The summed E-state index contributed by atoms with van der Waals surface area (Å²) >= 11 is 0. The molecule has 1 rings (SSSR count). The van der Waals surface area contributed by atoms with Crippen LogP contribution in [0.25, 0.3) is 0 Å². The van der Waals surface area contributed by atoms with Crippen LogP contribution in [-0.2, 0) is 16.0 Å². The standard InChI is InChI=1S/C22H39N7O3/c23-12-5-14-26-13-3-4-15-27-21(32)19(16-30)29-20(31)7-2-1-6-17-8-10-18(11-9-17)28-22(24)25/h8-11,19,26,30H,1-7,12-16,23H2,(H,27,32)(H,29,31)(H4,24,25,28). The van der Waals surface area contributed by atoms with Gasteiger partial charge in [0.1, 0.15) is 6.04 Å². The Morgan fingerprint density at radius 1 is 0.969 bits per heavy atom. The van der Waals surface area contributed by atoms with Crippen molar-refractivity contribution in [1.29, 1.82) is 0 Å². The maximum Gasteiger partial charge on any atom is 0.244 e. The minimum Gasteiger partial charge on any atom is -0.394 e. The van der Waals surface area contributed by atoms with Crippen LogP contribution in [-0.4, -0.2) is 61.7 Å². The van der Waals surface area contributed by atoms with E-state index in [-0.39, 0.29) is 17.8 Å². The number of hydrogen-bond donors (Lipinski definition) is 7. The Morgan fingerprint density at radius 2 is 1.66 bits per heavy atom. The van der Waals surface area contributed by atoms with Gasteiger partial charge in [-0.3, -0.25) is 9.59 Å². The number of rotatable bonds is 17. The van der Waals surface area contributed by atoms with E-state index in [0.29, 0.717) is 31.6 Å². The summed E-state index contributed by atoms with van der Waals surface area (Å²) in [6, 6.07) is 6.65. The summed E-state index contributed by atoms with van der Waals surface area (Å²) in [5, 5.41) is 18.1. The highest BCUT2D eigenvalue weighted by Gasteiger charge is 2.19. The van der Waals surface area contributed by atoms with Crippen molar-refractivity contribution in [2.75, 3.05) is 32.8 Å². The van der Waals surface area contributed by atoms with Crippen molar-refractivity contribution in [2.45, 2.75) is 51.0 Å². The van der Waals surface area contributed by atoms with Crippen LogP contribution in [0.3, 0.4) is 0 Å². The van der Waals surface area contributed by atoms with Gasteiger partial charge in [-0.2, -0.15) is 0 Å². The van der Waals surface area contributed by atoms with Gasteiger partial charge >= 0.3 is 0 Å². The van der Waals surface area contributed by atoms with E-state index < -0.39 is 12.6 Å². The zero-order valence-electron chi connectivity index (χ0n) is 18.8. The first-order chi connectivity index (χ1) is 15.5. The Balaban J connectivity index is 2.18. The molecular weight excluding hydrogens is 410 g/mol. The first-order valence-electron chi connectivity index (χ1n) is 11.2. The molecule has 0 aliphatic carbocycles. The van der Waals surface area contributed by atoms with Crippen LogP contribution in [0.5, 0.6) is 0 Å². The molecule has 0 aliphatic heterocycles. The van der Waals surface area contributed by atoms with Crippen molar-refractivity contribution in [3.8, 4) is 0 Å². The lowest BCUT2D eigenvalue weighted by atomic mass is 10.1. The van der Waals surface area contributed by atoms with E-state index in [1.54, 1.807) is 0 Å². The van der Waals surface area contributed by atoms with Crippen LogP contribution in [0.2, 0.25) is 0 Å². The van der Waals surface area contributed by atoms with Gasteiger partial charge in [-0.1, -0.05) is 12.1 Å². The second kappa shape index (κ2) is 16.9. The highest BCUT2D eigenvalue weighted by atomic mass is 16.3. The molecule has 1 unspecified atom stereocenters. The number of hydrogen-bond acceptors (Lipinski definition) is 6. The summed E-state index contributed by atoms with van der Waals surface area (Å²) < 4.78 is 0. The maximum atomic E-state index is 12.2. The number of aryl methyl sites for hydroxylation is 1. The van der Waals surface area contributed by atoms with Crippen molar-refractivity contribution < 1.29 is 14.7 Å². The number of aliphatic hydroxyl groups is 1. The highest BCUT2D eigenvalue weighted by Crippen LogP contribution is 2.14. The third-order valence-corrected chi connectivity index (χ3v) is 4.79. The lowest BCUT2D eigenvalue weighted by Crippen LogP contribution is -2.49. The number of carbonyl (C=O) groups is 2. The Hall–Kier alpha value is -2.69. The SMILES string of the molecule is NCCCNCCCCNC(=O)C(CO)NC(=O)CCCCc1ccc(N=C(N)N)cc1. The molecule has 0 fully saturated rings. The fourth-order valence-electron chi connectivity index (χ4n) is 3.02. The van der Waals surface area contributed by atoms with Crippen LogP contribution in [0.4, 0.5) is 5.69 Å². The molecule has 0 saturated carbocycles. The van der Waals surface area contributed by atoms with Gasteiger partial charge in [0, 0.05) is 13.0 Å². The molecule has 10 heteroatoms. The van der Waals surface area contributed by atoms with Crippen LogP contribution in [0.1, 0.15) is 44.1 Å². The minimum absolute atomic E-state index is 0.0185. The lowest BCUT2D eigenvalue weighted by Gasteiger charge is -2.16. The fraction of sp³-hybridized carbons (Fsp3) is 0.591. The molecule has 0 radical (unpaired) electrons. The number of nitrogens with zero attached hydrogens (tertiary/aromatic N) is 1. The predicted octanol–water partition coefficient (Wildman–Crippen LogP) is -0.384. The van der Waals surface area contributed by atoms with Gasteiger partial charge in [0.05, 0.1) is 12.3 Å². The summed E-state index contributed by atoms with van der Waals surface area (Å²) in [7, 11) is 0. The predicted molar refractivity (Wildman–Crippen MR) is 127 cm³/mol. The topological polar surface area (TPSA) is 181 Å². The van der Waals surface area contributed by atoms with Crippen LogP contribution >= 0.6 is 0 Å². The summed E-state index contributed by atoms with van der Waals surface area (Å²) in [5.41, 5.74) is 18.0. The Kier molecular flexibility index (Phi) is 14.5. The smallest absolute Gasteiger partial charge is 0.244 e. The normalized spacial score (nSPS) is 11.6. The van der Waals surface area contributed by atoms with Crippen LogP contribution in [0.15, 0.2) is 29.3 Å². The molecule has 0 aliphatic rings. The lowest BCUT2D eigenvalue weighted by molar-refractivity contribution is -0.130. The van der Waals surface area contributed by atoms with Crippen molar-refractivity contribution in [3.05, 3.63) is 29.8 Å². The van der Waals surface area contributed by atoms with E-state index in [2.05, 4.69) is 20.9 Å². The van der Waals surface area contributed by atoms with Crippen LogP contribution < -0.4 is 33.2 Å². The minimum atomic E-state index is -0.923. The molecule has 1 atom stereocenters. The van der Waals surface area contributed by atoms with Crippen molar-refractivity contribution >= 4 is 23.5 Å². The summed E-state index contributed by atoms with van der Waals surface area (Å²) in [6.07, 6.45) is 5.31. The third-order valence-electron chi connectivity index (χ3n) is 4.79. The number of guanidine groups is 1. The molecule has 0 saturated heterocycles. The number of aliphatic hydroxyl groups excluding tert-OH is 1. The summed E-state index contributed by atoms with van der Waals surface area (Å²) in [4.78, 5) is 28.2. The third kappa shape index (κ3) is 12.9. The first kappa shape index (κ1) is 27.3. The molecule has 1 aromatic rings. The molecule has 0 aromatic heterocycles. The van der Waals surface area contributed by atoms with Crippen LogP contribution in [0, 0.1) is 0 Å². The summed E-state index contributed by atoms with van der Waals surface area (Å²) in [5.74, 6) is -0.589. The Bertz CT molecular complexity index is 691. The maximum absolute atomic E-state index is 12.2. The van der Waals surface area contributed by atoms with E-state index in [1.807, 2.05) is 24.3 Å². The van der Waals surface area contributed by atoms with E-state index >= 15 is 0 Å². The molecule has 10 N–H and O–H groups in total. The van der Waals surface area contributed by atoms with E-state index in [1.165, 1.54) is 0 Å². The number of unbranched alkanes of at least 4 members (excludes halogenated alkanes) is 2. The highest BCUT2D eigenvalue weighted by molar-refractivity contribution is 5.87. The van der Waals surface area contributed by atoms with E-state index in [4.69, 9.17) is 17.2 Å². The Labute approximate surface area is 190 Å². The molecular formula is C22H39N7O3. The molecule has 10 nitrogen and oxygen atoms in total. The molecule has 0 spiro atoms. The molecule has 2 amide bonds. The van der Waals surface area contributed by atoms with Gasteiger partial charge in [0.2, 0.25) is 11.8 Å². The van der Waals surface area contributed by atoms with E-state index in [0.717, 1.165) is 50.8 Å². The second-order valence-corrected chi connectivity index (χ2v) is 7.60. The Morgan fingerprint density at radius 3 is 2.31 bits per heavy atom. The van der Waals surface area contributed by atoms with Gasteiger partial charge in [-0.05, 0) is 75.9 Å². The molecule has 1 aromatic carbocycles. The number of nitrogens with two attached hydrogens (primary N) is 3. The number of aliphatic imine (C=N–C) groups is 1. The molecule has 0 heterocycles. The molecule has 180 valence electrons. The number of carbonyl (C=O) groups excluding carboxylic acids is 2. The van der Waals surface area contributed by atoms with Gasteiger partial charge in [-0.15, -0.1) is 0 Å². The van der Waals surface area contributed by atoms with Crippen molar-refractivity contribution in [2.24, 2.45) is 22.2 Å². The largest absolute Gasteiger partial charge is 0.394 e. The number of nitrogens with one attached hydrogen (secondary N) is 3. The average Bonchev–Trinajstić information content (AvgIpc) is 2.77. The monoisotopic (exact) mass is 449 g/mol. The average molecular weight is 450 g/mol. The van der Waals surface area contributed by atoms with Gasteiger partial charge in [0.25, 0.3) is 0 Å². The number of amides is 2. The second-order valence-electron chi connectivity index (χ2n) is 7.60. The van der Waals surface area contributed by atoms with Gasteiger partial charge in [-0.25, -0.2) is 4.99 Å². The fourth-order valence-corrected chi connectivity index (χ4v) is 3.02. The van der Waals surface area contributed by atoms with E-state index in [9.17, 15) is 14.7 Å². The quantitative estimate of drug-likeness (QED) is 0.0960.